The van der Waals surface area contributed by atoms with E-state index >= 15 is 0 Å². The lowest BCUT2D eigenvalue weighted by Gasteiger charge is -2.09. The molecule has 0 aromatic rings. The van der Waals surface area contributed by atoms with E-state index in [2.05, 4.69) is 16.9 Å². The normalized spacial score (nSPS) is 28.0. The van der Waals surface area contributed by atoms with Gasteiger partial charge in [-0.2, -0.15) is 0 Å². The summed E-state index contributed by atoms with van der Waals surface area (Å²) in [5.74, 6) is 0. The fourth-order valence-electron chi connectivity index (χ4n) is 0.852. The average Bonchev–Trinajstić information content (AvgIpc) is 2.59. The number of rotatable bonds is 1. The predicted molar refractivity (Wildman–Crippen MR) is 33.0 cm³/mol. The van der Waals surface area contributed by atoms with Gasteiger partial charge in [-0.25, -0.2) is 0 Å². The molecule has 0 aliphatic carbocycles. The van der Waals surface area contributed by atoms with E-state index in [0.717, 1.165) is 5.70 Å². The second-order valence-electron chi connectivity index (χ2n) is 1.99. The van der Waals surface area contributed by atoms with Crippen molar-refractivity contribution in [3.8, 4) is 0 Å². The Balaban J connectivity index is 1.99. The van der Waals surface area contributed by atoms with E-state index in [0.29, 0.717) is 6.73 Å². The van der Waals surface area contributed by atoms with Gasteiger partial charge in [0.2, 0.25) is 6.23 Å². The zero-order valence-electron chi connectivity index (χ0n) is 5.26. The molecule has 4 heteroatoms. The first-order chi connectivity index (χ1) is 4.97. The molecule has 0 saturated heterocycles. The smallest absolute Gasteiger partial charge is 0.214 e. The van der Waals surface area contributed by atoms with Crippen LogP contribution in [-0.2, 0) is 9.47 Å². The quantitative estimate of drug-likeness (QED) is 0.520. The predicted octanol–water partition coefficient (Wildman–Crippen LogP) is -0.375. The standard InChI is InChI=1S/C6H7N2O2/c1-2-10-6(7-1)5-3-9-4-8-5/h1,3,6-8H,4H2. The topological polar surface area (TPSA) is 42.5 Å². The summed E-state index contributed by atoms with van der Waals surface area (Å²) in [6.07, 6.45) is 5.71. The lowest BCUT2D eigenvalue weighted by atomic mass is 10.4. The maximum absolute atomic E-state index is 5.01. The highest BCUT2D eigenvalue weighted by molar-refractivity contribution is 5.07. The molecule has 0 spiro atoms. The Kier molecular flexibility index (Phi) is 1.16. The molecule has 0 aromatic carbocycles. The van der Waals surface area contributed by atoms with E-state index in [-0.39, 0.29) is 6.23 Å². The van der Waals surface area contributed by atoms with Gasteiger partial charge in [0.15, 0.2) is 13.0 Å². The molecule has 1 unspecified atom stereocenters. The first-order valence-corrected chi connectivity index (χ1v) is 3.01. The second kappa shape index (κ2) is 2.13. The van der Waals surface area contributed by atoms with Crippen LogP contribution in [0.15, 0.2) is 18.2 Å². The van der Waals surface area contributed by atoms with Crippen LogP contribution >= 0.6 is 0 Å². The highest BCUT2D eigenvalue weighted by atomic mass is 16.5. The van der Waals surface area contributed by atoms with E-state index in [1.807, 2.05) is 0 Å². The van der Waals surface area contributed by atoms with Crippen molar-refractivity contribution < 1.29 is 9.47 Å². The molecule has 2 heterocycles. The maximum Gasteiger partial charge on any atom is 0.214 e. The summed E-state index contributed by atoms with van der Waals surface area (Å²) in [6.45, 7) is 0.525. The molecule has 0 amide bonds. The van der Waals surface area contributed by atoms with E-state index < -0.39 is 0 Å². The zero-order chi connectivity index (χ0) is 6.81. The Morgan fingerprint density at radius 1 is 1.70 bits per heavy atom. The summed E-state index contributed by atoms with van der Waals surface area (Å²) < 4.78 is 9.94. The third-order valence-corrected chi connectivity index (χ3v) is 1.33. The molecule has 10 heavy (non-hydrogen) atoms. The van der Waals surface area contributed by atoms with Gasteiger partial charge in [-0.3, -0.25) is 0 Å². The minimum Gasteiger partial charge on any atom is -0.479 e. The Morgan fingerprint density at radius 2 is 2.70 bits per heavy atom. The van der Waals surface area contributed by atoms with Gasteiger partial charge >= 0.3 is 0 Å². The van der Waals surface area contributed by atoms with E-state index in [9.17, 15) is 0 Å². The van der Waals surface area contributed by atoms with E-state index in [4.69, 9.17) is 9.47 Å². The third-order valence-electron chi connectivity index (χ3n) is 1.33. The van der Waals surface area contributed by atoms with Gasteiger partial charge in [-0.05, 0) is 0 Å². The van der Waals surface area contributed by atoms with Crippen molar-refractivity contribution in [2.45, 2.75) is 6.23 Å². The number of hydrogen-bond donors (Lipinski definition) is 2. The SMILES string of the molecule is [C]1=CNC(C2=COCN2)O1. The molecule has 4 nitrogen and oxygen atoms in total. The van der Waals surface area contributed by atoms with Gasteiger partial charge in [0.25, 0.3) is 0 Å². The Bertz CT molecular complexity index is 180. The fraction of sp³-hybridized carbons (Fsp3) is 0.333. The molecule has 0 saturated carbocycles. The molecular weight excluding hydrogens is 132 g/mol. The van der Waals surface area contributed by atoms with Crippen LogP contribution in [0.4, 0.5) is 0 Å². The van der Waals surface area contributed by atoms with Crippen molar-refractivity contribution in [2.75, 3.05) is 6.73 Å². The van der Waals surface area contributed by atoms with Gasteiger partial charge in [0.05, 0.1) is 0 Å². The van der Waals surface area contributed by atoms with Crippen molar-refractivity contribution in [3.05, 3.63) is 24.4 Å². The molecule has 1 radical (unpaired) electrons. The lowest BCUT2D eigenvalue weighted by molar-refractivity contribution is 0.165. The molecular formula is C6H7N2O2. The van der Waals surface area contributed by atoms with Crippen LogP contribution in [0.5, 0.6) is 0 Å². The Hall–Kier alpha value is -1.32. The Morgan fingerprint density at radius 3 is 3.30 bits per heavy atom. The van der Waals surface area contributed by atoms with Gasteiger partial charge in [-0.15, -0.1) is 0 Å². The van der Waals surface area contributed by atoms with Crippen LogP contribution < -0.4 is 10.6 Å². The van der Waals surface area contributed by atoms with Crippen molar-refractivity contribution in [1.29, 1.82) is 0 Å². The number of hydrogen-bond acceptors (Lipinski definition) is 4. The molecule has 53 valence electrons. The minimum absolute atomic E-state index is 0.137. The van der Waals surface area contributed by atoms with Crippen molar-refractivity contribution in [2.24, 2.45) is 0 Å². The van der Waals surface area contributed by atoms with Crippen molar-refractivity contribution in [1.82, 2.24) is 10.6 Å². The van der Waals surface area contributed by atoms with Crippen LogP contribution in [0, 0.1) is 6.26 Å². The maximum atomic E-state index is 5.01. The number of ether oxygens (including phenoxy) is 2. The van der Waals surface area contributed by atoms with E-state index in [1.165, 1.54) is 0 Å². The monoisotopic (exact) mass is 139 g/mol. The van der Waals surface area contributed by atoms with Crippen LogP contribution in [0.1, 0.15) is 0 Å². The van der Waals surface area contributed by atoms with Crippen molar-refractivity contribution >= 4 is 0 Å². The molecule has 2 N–H and O–H groups in total. The van der Waals surface area contributed by atoms with Gasteiger partial charge in [-0.1, -0.05) is 0 Å². The molecule has 2 rings (SSSR count). The number of nitrogens with one attached hydrogen (secondary N) is 2. The summed E-state index contributed by atoms with van der Waals surface area (Å²) in [5, 5.41) is 5.92. The second-order valence-corrected chi connectivity index (χ2v) is 1.99. The summed E-state index contributed by atoms with van der Waals surface area (Å²) in [5.41, 5.74) is 0.904. The largest absolute Gasteiger partial charge is 0.479 e. The lowest BCUT2D eigenvalue weighted by Crippen LogP contribution is -2.29. The summed E-state index contributed by atoms with van der Waals surface area (Å²) in [6, 6.07) is 0. The zero-order valence-corrected chi connectivity index (χ0v) is 5.26. The van der Waals surface area contributed by atoms with Crippen molar-refractivity contribution in [3.63, 3.8) is 0 Å². The summed E-state index contributed by atoms with van der Waals surface area (Å²) >= 11 is 0. The molecule has 1 atom stereocenters. The van der Waals surface area contributed by atoms with Crippen LogP contribution in [0.2, 0.25) is 0 Å². The highest BCUT2D eigenvalue weighted by Crippen LogP contribution is 2.08. The van der Waals surface area contributed by atoms with Gasteiger partial charge < -0.3 is 20.1 Å². The first-order valence-electron chi connectivity index (χ1n) is 3.01. The molecule has 0 bridgehead atoms. The molecule has 0 fully saturated rings. The summed E-state index contributed by atoms with van der Waals surface area (Å²) in [7, 11) is 0. The molecule has 0 aromatic heterocycles. The Labute approximate surface area is 58.5 Å². The van der Waals surface area contributed by atoms with Gasteiger partial charge in [0, 0.05) is 6.20 Å². The third kappa shape index (κ3) is 0.775. The molecule has 2 aliphatic rings. The summed E-state index contributed by atoms with van der Waals surface area (Å²) in [4.78, 5) is 0. The minimum atomic E-state index is -0.137. The average molecular weight is 139 g/mol. The van der Waals surface area contributed by atoms with Crippen LogP contribution in [0.25, 0.3) is 0 Å². The van der Waals surface area contributed by atoms with Crippen LogP contribution in [0.3, 0.4) is 0 Å². The van der Waals surface area contributed by atoms with Crippen LogP contribution in [-0.4, -0.2) is 13.0 Å². The fourth-order valence-corrected chi connectivity index (χ4v) is 0.852. The molecule has 2 aliphatic heterocycles. The highest BCUT2D eigenvalue weighted by Gasteiger charge is 2.19. The first kappa shape index (κ1) is 5.46. The van der Waals surface area contributed by atoms with Gasteiger partial charge in [0.1, 0.15) is 12.0 Å². The van der Waals surface area contributed by atoms with E-state index in [1.54, 1.807) is 12.5 Å².